The van der Waals surface area contributed by atoms with E-state index in [4.69, 9.17) is 14.6 Å². The Kier molecular flexibility index (Phi) is 4.94. The third-order valence-corrected chi connectivity index (χ3v) is 2.48. The largest absolute Gasteiger partial charge is 0.464 e. The van der Waals surface area contributed by atoms with Gasteiger partial charge in [-0.1, -0.05) is 0 Å². The van der Waals surface area contributed by atoms with Crippen LogP contribution >= 0.6 is 0 Å². The Hall–Kier alpha value is -1.56. The van der Waals surface area contributed by atoms with Gasteiger partial charge in [-0.05, 0) is 33.3 Å². The van der Waals surface area contributed by atoms with Gasteiger partial charge in [0.25, 0.3) is 0 Å². The fraction of sp³-hybridized carbons (Fsp3) is 0.692. The molecule has 1 aliphatic heterocycles. The first-order chi connectivity index (χ1) is 8.78. The third kappa shape index (κ3) is 4.24. The lowest BCUT2D eigenvalue weighted by Gasteiger charge is -2.26. The van der Waals surface area contributed by atoms with E-state index in [-0.39, 0.29) is 19.6 Å². The molecule has 6 nitrogen and oxygen atoms in total. The second-order valence-corrected chi connectivity index (χ2v) is 5.31. The van der Waals surface area contributed by atoms with Gasteiger partial charge in [0.1, 0.15) is 11.6 Å². The van der Waals surface area contributed by atoms with Gasteiger partial charge >= 0.3 is 12.1 Å². The molecule has 108 valence electrons. The van der Waals surface area contributed by atoms with Gasteiger partial charge in [0.05, 0.1) is 13.2 Å². The van der Waals surface area contributed by atoms with Crippen LogP contribution in [-0.4, -0.2) is 46.9 Å². The van der Waals surface area contributed by atoms with E-state index in [0.717, 1.165) is 0 Å². The summed E-state index contributed by atoms with van der Waals surface area (Å²) < 4.78 is 10.2. The first-order valence-electron chi connectivity index (χ1n) is 6.27. The van der Waals surface area contributed by atoms with Crippen LogP contribution in [0.15, 0.2) is 11.8 Å². The molecular formula is C13H21NO5. The Morgan fingerprint density at radius 3 is 2.58 bits per heavy atom. The van der Waals surface area contributed by atoms with E-state index in [1.165, 1.54) is 11.1 Å². The summed E-state index contributed by atoms with van der Waals surface area (Å²) >= 11 is 0. The van der Waals surface area contributed by atoms with Gasteiger partial charge in [0.15, 0.2) is 0 Å². The van der Waals surface area contributed by atoms with E-state index in [9.17, 15) is 9.59 Å². The van der Waals surface area contributed by atoms with Gasteiger partial charge in [0, 0.05) is 12.6 Å². The summed E-state index contributed by atoms with van der Waals surface area (Å²) in [6.45, 7) is 6.98. The van der Waals surface area contributed by atoms with Crippen LogP contribution in [0.3, 0.4) is 0 Å². The Balaban J connectivity index is 2.83. The van der Waals surface area contributed by atoms with E-state index >= 15 is 0 Å². The predicted octanol–water partition coefficient (Wildman–Crippen LogP) is 1.44. The van der Waals surface area contributed by atoms with Crippen LogP contribution in [-0.2, 0) is 14.3 Å². The molecule has 1 rings (SSSR count). The quantitative estimate of drug-likeness (QED) is 0.786. The molecule has 0 spiro atoms. The normalized spacial score (nSPS) is 19.1. The Morgan fingerprint density at radius 1 is 1.47 bits per heavy atom. The second-order valence-electron chi connectivity index (χ2n) is 5.31. The van der Waals surface area contributed by atoms with Crippen molar-refractivity contribution in [2.75, 3.05) is 13.2 Å². The van der Waals surface area contributed by atoms with Crippen LogP contribution < -0.4 is 0 Å². The fourth-order valence-corrected chi connectivity index (χ4v) is 1.72. The fourth-order valence-electron chi connectivity index (χ4n) is 1.72. The molecule has 1 aliphatic rings. The number of hydrogen-bond acceptors (Lipinski definition) is 5. The van der Waals surface area contributed by atoms with Crippen LogP contribution in [0.1, 0.15) is 34.1 Å². The second kappa shape index (κ2) is 6.06. The standard InChI is InChI=1S/C13H21NO5/c1-5-18-11(16)10-6-9(8-15)7-14(10)12(17)19-13(2,3)4/h7,10,15H,5-6,8H2,1-4H3/t10-/m0/s1. The Labute approximate surface area is 113 Å². The van der Waals surface area contributed by atoms with E-state index in [2.05, 4.69) is 0 Å². The summed E-state index contributed by atoms with van der Waals surface area (Å²) in [5, 5.41) is 9.13. The highest BCUT2D eigenvalue weighted by atomic mass is 16.6. The number of ether oxygens (including phenoxy) is 2. The summed E-state index contributed by atoms with van der Waals surface area (Å²) in [5.74, 6) is -0.493. The van der Waals surface area contributed by atoms with Crippen molar-refractivity contribution >= 4 is 12.1 Å². The SMILES string of the molecule is CCOC(=O)[C@@H]1CC(CO)=CN1C(=O)OC(C)(C)C. The van der Waals surface area contributed by atoms with Gasteiger partial charge in [-0.2, -0.15) is 0 Å². The van der Waals surface area contributed by atoms with Gasteiger partial charge in [-0.3, -0.25) is 4.90 Å². The minimum Gasteiger partial charge on any atom is -0.464 e. The molecule has 0 unspecified atom stereocenters. The van der Waals surface area contributed by atoms with Crippen molar-refractivity contribution in [3.8, 4) is 0 Å². The zero-order chi connectivity index (χ0) is 14.6. The number of aliphatic hydroxyl groups excluding tert-OH is 1. The van der Waals surface area contributed by atoms with Gasteiger partial charge in [-0.15, -0.1) is 0 Å². The smallest absolute Gasteiger partial charge is 0.415 e. The van der Waals surface area contributed by atoms with Crippen LogP contribution in [0.4, 0.5) is 4.79 Å². The molecule has 0 aliphatic carbocycles. The molecule has 1 atom stereocenters. The Morgan fingerprint density at radius 2 is 2.11 bits per heavy atom. The number of carbonyl (C=O) groups is 2. The molecule has 0 aromatic carbocycles. The number of rotatable bonds is 3. The molecule has 0 aromatic heterocycles. The van der Waals surface area contributed by atoms with E-state index in [1.807, 2.05) is 0 Å². The van der Waals surface area contributed by atoms with Gasteiger partial charge in [0.2, 0.25) is 0 Å². The molecular weight excluding hydrogens is 250 g/mol. The molecule has 0 saturated carbocycles. The summed E-state index contributed by atoms with van der Waals surface area (Å²) in [6.07, 6.45) is 1.11. The lowest BCUT2D eigenvalue weighted by Crippen LogP contribution is -2.42. The molecule has 0 saturated heterocycles. The van der Waals surface area contributed by atoms with E-state index in [1.54, 1.807) is 27.7 Å². The maximum atomic E-state index is 12.0. The van der Waals surface area contributed by atoms with Crippen LogP contribution in [0.5, 0.6) is 0 Å². The maximum absolute atomic E-state index is 12.0. The lowest BCUT2D eigenvalue weighted by atomic mass is 10.1. The molecule has 0 radical (unpaired) electrons. The Bertz CT molecular complexity index is 383. The minimum absolute atomic E-state index is 0.199. The van der Waals surface area contributed by atoms with Crippen molar-refractivity contribution in [2.45, 2.75) is 45.8 Å². The molecule has 19 heavy (non-hydrogen) atoms. The molecule has 0 fully saturated rings. The first-order valence-corrected chi connectivity index (χ1v) is 6.27. The van der Waals surface area contributed by atoms with Gasteiger partial charge in [-0.25, -0.2) is 9.59 Å². The highest BCUT2D eigenvalue weighted by Gasteiger charge is 2.37. The van der Waals surface area contributed by atoms with E-state index in [0.29, 0.717) is 5.57 Å². The highest BCUT2D eigenvalue weighted by molar-refractivity contribution is 5.83. The number of hydrogen-bond donors (Lipinski definition) is 1. The van der Waals surface area contributed by atoms with Crippen molar-refractivity contribution in [2.24, 2.45) is 0 Å². The van der Waals surface area contributed by atoms with Crippen molar-refractivity contribution in [1.29, 1.82) is 0 Å². The number of amides is 1. The van der Waals surface area contributed by atoms with Crippen molar-refractivity contribution < 1.29 is 24.2 Å². The molecule has 6 heteroatoms. The summed E-state index contributed by atoms with van der Waals surface area (Å²) in [7, 11) is 0. The van der Waals surface area contributed by atoms with Crippen LogP contribution in [0, 0.1) is 0 Å². The first kappa shape index (κ1) is 15.5. The van der Waals surface area contributed by atoms with Crippen molar-refractivity contribution in [1.82, 2.24) is 4.90 Å². The monoisotopic (exact) mass is 271 g/mol. The predicted molar refractivity (Wildman–Crippen MR) is 68.3 cm³/mol. The molecule has 0 aromatic rings. The lowest BCUT2D eigenvalue weighted by molar-refractivity contribution is -0.147. The summed E-state index contributed by atoms with van der Waals surface area (Å²) in [4.78, 5) is 25.0. The number of aliphatic hydroxyl groups is 1. The zero-order valence-electron chi connectivity index (χ0n) is 11.8. The average Bonchev–Trinajstić information content (AvgIpc) is 2.71. The summed E-state index contributed by atoms with van der Waals surface area (Å²) in [6, 6.07) is -0.753. The maximum Gasteiger partial charge on any atom is 0.415 e. The number of nitrogens with zero attached hydrogens (tertiary/aromatic N) is 1. The van der Waals surface area contributed by atoms with Crippen molar-refractivity contribution in [3.05, 3.63) is 11.8 Å². The molecule has 1 amide bonds. The zero-order valence-corrected chi connectivity index (χ0v) is 11.8. The van der Waals surface area contributed by atoms with Crippen LogP contribution in [0.2, 0.25) is 0 Å². The van der Waals surface area contributed by atoms with Gasteiger partial charge < -0.3 is 14.6 Å². The number of carbonyl (C=O) groups excluding carboxylic acids is 2. The van der Waals surface area contributed by atoms with E-state index < -0.39 is 23.7 Å². The van der Waals surface area contributed by atoms with Crippen molar-refractivity contribution in [3.63, 3.8) is 0 Å². The highest BCUT2D eigenvalue weighted by Crippen LogP contribution is 2.24. The number of esters is 1. The van der Waals surface area contributed by atoms with Crippen LogP contribution in [0.25, 0.3) is 0 Å². The summed E-state index contributed by atoms with van der Waals surface area (Å²) in [5.41, 5.74) is -0.0459. The molecule has 0 bridgehead atoms. The topological polar surface area (TPSA) is 76.1 Å². The average molecular weight is 271 g/mol. The minimum atomic E-state index is -0.753. The molecule has 1 N–H and O–H groups in total. The third-order valence-electron chi connectivity index (χ3n) is 2.48. The molecule has 1 heterocycles.